The summed E-state index contributed by atoms with van der Waals surface area (Å²) in [6.07, 6.45) is 1.26. The minimum Gasteiger partial charge on any atom is -0.396 e. The molecule has 130 valence electrons. The average molecular weight is 536 g/mol. The van der Waals surface area contributed by atoms with Gasteiger partial charge in [-0.05, 0) is 78.8 Å². The number of sulfone groups is 1. The van der Waals surface area contributed by atoms with E-state index >= 15 is 0 Å². The van der Waals surface area contributed by atoms with Crippen LogP contribution in [0.2, 0.25) is 0 Å². The molecule has 0 aromatic heterocycles. The third kappa shape index (κ3) is 5.52. The molecule has 1 aromatic rings. The number of nitrogens with zero attached hydrogens (tertiary/aromatic N) is 1. The van der Waals surface area contributed by atoms with Crippen molar-refractivity contribution < 1.29 is 18.3 Å². The quantitative estimate of drug-likeness (QED) is 0.542. The van der Waals surface area contributed by atoms with Crippen molar-refractivity contribution in [2.75, 3.05) is 19.7 Å². The predicted octanol–water partition coefficient (Wildman–Crippen LogP) is 3.49. The maximum Gasteiger partial charge on any atom is 0.253 e. The number of rotatable bonds is 7. The summed E-state index contributed by atoms with van der Waals surface area (Å²) in [6, 6.07) is 5.91. The van der Waals surface area contributed by atoms with Crippen LogP contribution < -0.4 is 0 Å². The lowest BCUT2D eigenvalue weighted by Gasteiger charge is -2.22. The Balaban J connectivity index is 3.14. The van der Waals surface area contributed by atoms with Gasteiger partial charge in [-0.2, -0.15) is 0 Å². The minimum absolute atomic E-state index is 0.00118. The van der Waals surface area contributed by atoms with Gasteiger partial charge in [-0.15, -0.1) is 0 Å². The Morgan fingerprint density at radius 1 is 1.26 bits per heavy atom. The van der Waals surface area contributed by atoms with Gasteiger partial charge in [0, 0.05) is 25.3 Å². The van der Waals surface area contributed by atoms with E-state index in [-0.39, 0.29) is 17.4 Å². The fourth-order valence-electron chi connectivity index (χ4n) is 1.96. The number of carbonyl (C=O) groups excluding carboxylic acids is 1. The molecule has 0 aliphatic rings. The summed E-state index contributed by atoms with van der Waals surface area (Å²) in [5.41, 5.74) is 0.300. The highest BCUT2D eigenvalue weighted by atomic mass is 80.0. The number of hydrogen-bond acceptors (Lipinski definition) is 4. The summed E-state index contributed by atoms with van der Waals surface area (Å²) in [5.74, 6) is -0.248. The lowest BCUT2D eigenvalue weighted by molar-refractivity contribution is 0.0744. The molecule has 0 heterocycles. The molecule has 0 bridgehead atoms. The number of amides is 1. The zero-order chi connectivity index (χ0) is 17.7. The van der Waals surface area contributed by atoms with Gasteiger partial charge in [-0.3, -0.25) is 4.79 Å². The van der Waals surface area contributed by atoms with E-state index in [4.69, 9.17) is 5.11 Å². The number of hydrogen-bond donors (Lipinski definition) is 1. The molecule has 0 aliphatic heterocycles. The largest absolute Gasteiger partial charge is 0.396 e. The second-order valence-electron chi connectivity index (χ2n) is 4.85. The smallest absolute Gasteiger partial charge is 0.253 e. The molecule has 9 heteroatoms. The maximum atomic E-state index is 12.6. The standard InChI is InChI=1S/C14H18Br3NO4S/c1-2-7-18(8-4-9-19)13(20)11-5-3-6-12(10-11)23(21,22)14(15,16)17/h3,5-6,10,19H,2,4,7-9H2,1H3. The number of halogens is 3. The third-order valence-electron chi connectivity index (χ3n) is 3.06. The average Bonchev–Trinajstić information content (AvgIpc) is 2.49. The van der Waals surface area contributed by atoms with Gasteiger partial charge in [0.25, 0.3) is 5.91 Å². The normalized spacial score (nSPS) is 12.2. The van der Waals surface area contributed by atoms with Crippen LogP contribution in [0, 0.1) is 0 Å². The Bertz CT molecular complexity index is 644. The number of benzene rings is 1. The molecule has 0 saturated carbocycles. The van der Waals surface area contributed by atoms with Crippen molar-refractivity contribution in [3.05, 3.63) is 29.8 Å². The zero-order valence-corrected chi connectivity index (χ0v) is 18.1. The molecule has 0 spiro atoms. The SMILES string of the molecule is CCCN(CCCO)C(=O)c1cccc(S(=O)(=O)C(Br)(Br)Br)c1. The molecular weight excluding hydrogens is 518 g/mol. The molecule has 0 aliphatic carbocycles. The molecule has 5 nitrogen and oxygen atoms in total. The van der Waals surface area contributed by atoms with Gasteiger partial charge in [0.2, 0.25) is 11.3 Å². The summed E-state index contributed by atoms with van der Waals surface area (Å²) in [4.78, 5) is 14.2. The summed E-state index contributed by atoms with van der Waals surface area (Å²) >= 11 is 9.03. The van der Waals surface area contributed by atoms with Crippen LogP contribution in [0.5, 0.6) is 0 Å². The van der Waals surface area contributed by atoms with Gasteiger partial charge in [0.1, 0.15) is 0 Å². The molecule has 1 aromatic carbocycles. The molecule has 0 saturated heterocycles. The van der Waals surface area contributed by atoms with E-state index in [1.54, 1.807) is 11.0 Å². The molecular formula is C14H18Br3NO4S. The minimum atomic E-state index is -3.75. The predicted molar refractivity (Wildman–Crippen MR) is 101 cm³/mol. The van der Waals surface area contributed by atoms with Crippen LogP contribution in [0.15, 0.2) is 29.2 Å². The Labute approximate surface area is 161 Å². The third-order valence-corrected chi connectivity index (χ3v) is 8.38. The van der Waals surface area contributed by atoms with Crippen LogP contribution in [0.1, 0.15) is 30.1 Å². The number of aliphatic hydroxyl groups excluding tert-OH is 1. The molecule has 23 heavy (non-hydrogen) atoms. The Hall–Kier alpha value is 0.0400. The highest BCUT2D eigenvalue weighted by Crippen LogP contribution is 2.43. The van der Waals surface area contributed by atoms with E-state index in [1.807, 2.05) is 6.92 Å². The summed E-state index contributed by atoms with van der Waals surface area (Å²) in [5, 5.41) is 8.94. The monoisotopic (exact) mass is 533 g/mol. The van der Waals surface area contributed by atoms with Crippen molar-refractivity contribution in [3.63, 3.8) is 0 Å². The topological polar surface area (TPSA) is 74.7 Å². The lowest BCUT2D eigenvalue weighted by atomic mass is 10.2. The van der Waals surface area contributed by atoms with Crippen molar-refractivity contribution in [2.45, 2.75) is 26.1 Å². The Morgan fingerprint density at radius 2 is 1.91 bits per heavy atom. The van der Waals surface area contributed by atoms with Crippen molar-refractivity contribution in [1.29, 1.82) is 0 Å². The molecule has 1 N–H and O–H groups in total. The molecule has 0 unspecified atom stereocenters. The summed E-state index contributed by atoms with van der Waals surface area (Å²) in [6.45, 7) is 2.94. The van der Waals surface area contributed by atoms with Gasteiger partial charge in [-0.25, -0.2) is 8.42 Å². The van der Waals surface area contributed by atoms with Crippen LogP contribution in [-0.2, 0) is 9.84 Å². The highest BCUT2D eigenvalue weighted by Gasteiger charge is 2.37. The van der Waals surface area contributed by atoms with Gasteiger partial charge in [0.05, 0.1) is 4.90 Å². The van der Waals surface area contributed by atoms with Crippen LogP contribution >= 0.6 is 47.8 Å². The first-order valence-corrected chi connectivity index (χ1v) is 10.8. The highest BCUT2D eigenvalue weighted by molar-refractivity contribution is 9.42. The van der Waals surface area contributed by atoms with Gasteiger partial charge < -0.3 is 10.0 Å². The van der Waals surface area contributed by atoms with Gasteiger partial charge in [-0.1, -0.05) is 13.0 Å². The van der Waals surface area contributed by atoms with Crippen molar-refractivity contribution >= 4 is 63.5 Å². The van der Waals surface area contributed by atoms with E-state index in [0.29, 0.717) is 25.1 Å². The van der Waals surface area contributed by atoms with Crippen molar-refractivity contribution in [3.8, 4) is 0 Å². The van der Waals surface area contributed by atoms with Gasteiger partial charge in [0.15, 0.2) is 0 Å². The number of carbonyl (C=O) groups is 1. The summed E-state index contributed by atoms with van der Waals surface area (Å²) < 4.78 is 23.3. The van der Waals surface area contributed by atoms with Crippen LogP contribution in [-0.4, -0.2) is 45.5 Å². The van der Waals surface area contributed by atoms with E-state index in [0.717, 1.165) is 6.42 Å². The fraction of sp³-hybridized carbons (Fsp3) is 0.500. The fourth-order valence-corrected chi connectivity index (χ4v) is 4.45. The van der Waals surface area contributed by atoms with E-state index < -0.39 is 11.3 Å². The van der Waals surface area contributed by atoms with E-state index in [2.05, 4.69) is 47.8 Å². The summed E-state index contributed by atoms with van der Waals surface area (Å²) in [7, 11) is -3.75. The van der Waals surface area contributed by atoms with Gasteiger partial charge >= 0.3 is 0 Å². The first-order valence-electron chi connectivity index (χ1n) is 6.96. The molecule has 0 atom stereocenters. The molecule has 1 rings (SSSR count). The Morgan fingerprint density at radius 3 is 2.43 bits per heavy atom. The number of alkyl halides is 3. The van der Waals surface area contributed by atoms with Crippen LogP contribution in [0.4, 0.5) is 0 Å². The van der Waals surface area contributed by atoms with E-state index in [1.165, 1.54) is 18.2 Å². The molecule has 1 amide bonds. The van der Waals surface area contributed by atoms with E-state index in [9.17, 15) is 13.2 Å². The van der Waals surface area contributed by atoms with Crippen molar-refractivity contribution in [1.82, 2.24) is 4.90 Å². The molecule has 0 fully saturated rings. The van der Waals surface area contributed by atoms with Crippen LogP contribution in [0.3, 0.4) is 0 Å². The first kappa shape index (κ1) is 21.1. The number of aliphatic hydroxyl groups is 1. The second-order valence-corrected chi connectivity index (χ2v) is 15.3. The molecule has 0 radical (unpaired) electrons. The Kier molecular flexibility index (Phi) is 8.19. The lowest BCUT2D eigenvalue weighted by Crippen LogP contribution is -2.33. The zero-order valence-electron chi connectivity index (χ0n) is 12.5. The second kappa shape index (κ2) is 8.94. The van der Waals surface area contributed by atoms with Crippen molar-refractivity contribution in [2.24, 2.45) is 0 Å². The maximum absolute atomic E-state index is 12.6. The van der Waals surface area contributed by atoms with Crippen LogP contribution in [0.25, 0.3) is 0 Å². The first-order chi connectivity index (χ1) is 10.6.